The summed E-state index contributed by atoms with van der Waals surface area (Å²) in [5, 5.41) is 6.93. The standard InChI is InChI=1S/C9H17NO5S/c10-4-1-8(9(11)12)16(13,14)7-2-5-15-6-3-7/h7-8H,1-6,10H2,(H,11,12). The Hall–Kier alpha value is -0.660. The molecular formula is C9H17NO5S. The molecule has 1 fully saturated rings. The Morgan fingerprint density at radius 2 is 2.00 bits per heavy atom. The Balaban J connectivity index is 2.83. The van der Waals surface area contributed by atoms with Gasteiger partial charge in [-0.1, -0.05) is 0 Å². The van der Waals surface area contributed by atoms with E-state index < -0.39 is 26.3 Å². The summed E-state index contributed by atoms with van der Waals surface area (Å²) in [6.45, 7) is 0.803. The maximum Gasteiger partial charge on any atom is 0.321 e. The molecule has 0 spiro atoms. The minimum Gasteiger partial charge on any atom is -0.480 e. The second-order valence-electron chi connectivity index (χ2n) is 3.80. The van der Waals surface area contributed by atoms with Gasteiger partial charge in [-0.25, -0.2) is 8.42 Å². The third kappa shape index (κ3) is 2.93. The molecule has 0 aromatic rings. The molecule has 94 valence electrons. The van der Waals surface area contributed by atoms with Gasteiger partial charge in [-0.3, -0.25) is 4.79 Å². The lowest BCUT2D eigenvalue weighted by Crippen LogP contribution is -2.41. The smallest absolute Gasteiger partial charge is 0.321 e. The summed E-state index contributed by atoms with van der Waals surface area (Å²) in [4.78, 5) is 10.9. The molecule has 0 aliphatic carbocycles. The molecule has 1 aliphatic heterocycles. The molecule has 1 heterocycles. The number of ether oxygens (including phenoxy) is 1. The van der Waals surface area contributed by atoms with E-state index in [-0.39, 0.29) is 13.0 Å². The monoisotopic (exact) mass is 251 g/mol. The fourth-order valence-corrected chi connectivity index (χ4v) is 3.88. The number of carboxylic acids is 1. The highest BCUT2D eigenvalue weighted by Crippen LogP contribution is 2.21. The summed E-state index contributed by atoms with van der Waals surface area (Å²) < 4.78 is 29.1. The van der Waals surface area contributed by atoms with E-state index in [0.29, 0.717) is 26.1 Å². The number of aliphatic carboxylic acids is 1. The number of sulfone groups is 1. The van der Waals surface area contributed by atoms with Gasteiger partial charge in [0.1, 0.15) is 0 Å². The number of carboxylic acid groups (broad SMARTS) is 1. The van der Waals surface area contributed by atoms with Crippen molar-refractivity contribution in [3.05, 3.63) is 0 Å². The lowest BCUT2D eigenvalue weighted by Gasteiger charge is -2.25. The molecule has 6 nitrogen and oxygen atoms in total. The van der Waals surface area contributed by atoms with Crippen molar-refractivity contribution in [1.82, 2.24) is 0 Å². The summed E-state index contributed by atoms with van der Waals surface area (Å²) in [5.74, 6) is -1.31. The second kappa shape index (κ2) is 5.60. The molecule has 1 saturated heterocycles. The fraction of sp³-hybridized carbons (Fsp3) is 0.889. The van der Waals surface area contributed by atoms with Crippen molar-refractivity contribution < 1.29 is 23.1 Å². The van der Waals surface area contributed by atoms with Crippen LogP contribution in [-0.4, -0.2) is 49.8 Å². The molecule has 0 aromatic carbocycles. The third-order valence-electron chi connectivity index (χ3n) is 2.73. The Morgan fingerprint density at radius 3 is 2.44 bits per heavy atom. The Kier molecular flexibility index (Phi) is 4.69. The Bertz CT molecular complexity index is 334. The Morgan fingerprint density at radius 1 is 1.44 bits per heavy atom. The minimum absolute atomic E-state index is 0.0327. The molecule has 7 heteroatoms. The number of carbonyl (C=O) groups is 1. The predicted molar refractivity (Wildman–Crippen MR) is 57.9 cm³/mol. The average Bonchev–Trinajstić information content (AvgIpc) is 2.26. The van der Waals surface area contributed by atoms with Crippen LogP contribution in [0.3, 0.4) is 0 Å². The predicted octanol–water partition coefficient (Wildman–Crippen LogP) is -0.618. The van der Waals surface area contributed by atoms with Crippen molar-refractivity contribution in [2.24, 2.45) is 5.73 Å². The van der Waals surface area contributed by atoms with E-state index in [9.17, 15) is 13.2 Å². The zero-order valence-electron chi connectivity index (χ0n) is 8.96. The van der Waals surface area contributed by atoms with Crippen LogP contribution >= 0.6 is 0 Å². The van der Waals surface area contributed by atoms with Crippen LogP contribution < -0.4 is 5.73 Å². The summed E-state index contributed by atoms with van der Waals surface area (Å²) >= 11 is 0. The van der Waals surface area contributed by atoms with Crippen LogP contribution in [0.15, 0.2) is 0 Å². The molecule has 0 bridgehead atoms. The second-order valence-corrected chi connectivity index (χ2v) is 6.22. The number of rotatable bonds is 5. The largest absolute Gasteiger partial charge is 0.480 e. The SMILES string of the molecule is NCCC(C(=O)O)S(=O)(=O)C1CCOCC1. The number of hydrogen-bond acceptors (Lipinski definition) is 5. The molecule has 16 heavy (non-hydrogen) atoms. The lowest BCUT2D eigenvalue weighted by molar-refractivity contribution is -0.136. The van der Waals surface area contributed by atoms with Crippen LogP contribution in [0, 0.1) is 0 Å². The first-order valence-electron chi connectivity index (χ1n) is 5.23. The van der Waals surface area contributed by atoms with Gasteiger partial charge in [-0.05, 0) is 25.8 Å². The molecule has 0 radical (unpaired) electrons. The first-order chi connectivity index (χ1) is 7.50. The first-order valence-corrected chi connectivity index (χ1v) is 6.84. The molecular weight excluding hydrogens is 234 g/mol. The summed E-state index contributed by atoms with van der Waals surface area (Å²) in [5.41, 5.74) is 5.24. The van der Waals surface area contributed by atoms with Gasteiger partial charge in [0.25, 0.3) is 0 Å². The van der Waals surface area contributed by atoms with Crippen molar-refractivity contribution in [1.29, 1.82) is 0 Å². The van der Waals surface area contributed by atoms with Crippen molar-refractivity contribution in [2.45, 2.75) is 29.8 Å². The van der Waals surface area contributed by atoms with E-state index in [2.05, 4.69) is 0 Å². The van der Waals surface area contributed by atoms with E-state index >= 15 is 0 Å². The summed E-state index contributed by atoms with van der Waals surface area (Å²) in [6.07, 6.45) is 0.711. The third-order valence-corrected chi connectivity index (χ3v) is 5.36. The van der Waals surface area contributed by atoms with Crippen molar-refractivity contribution in [3.8, 4) is 0 Å². The van der Waals surface area contributed by atoms with Gasteiger partial charge in [-0.2, -0.15) is 0 Å². The van der Waals surface area contributed by atoms with E-state index in [1.165, 1.54) is 0 Å². The van der Waals surface area contributed by atoms with Gasteiger partial charge in [0.2, 0.25) is 0 Å². The van der Waals surface area contributed by atoms with Crippen LogP contribution in [0.5, 0.6) is 0 Å². The molecule has 3 N–H and O–H groups in total. The first kappa shape index (κ1) is 13.4. The van der Waals surface area contributed by atoms with Crippen LogP contribution in [-0.2, 0) is 19.4 Å². The van der Waals surface area contributed by atoms with Crippen molar-refractivity contribution >= 4 is 15.8 Å². The van der Waals surface area contributed by atoms with Gasteiger partial charge in [0.05, 0.1) is 5.25 Å². The fourth-order valence-electron chi connectivity index (χ4n) is 1.82. The molecule has 1 aliphatic rings. The highest BCUT2D eigenvalue weighted by molar-refractivity contribution is 7.93. The molecule has 1 unspecified atom stereocenters. The van der Waals surface area contributed by atoms with E-state index in [4.69, 9.17) is 15.6 Å². The average molecular weight is 251 g/mol. The molecule has 0 saturated carbocycles. The molecule has 0 aromatic heterocycles. The van der Waals surface area contributed by atoms with Gasteiger partial charge in [-0.15, -0.1) is 0 Å². The summed E-state index contributed by atoms with van der Waals surface area (Å²) in [6, 6.07) is 0. The zero-order valence-corrected chi connectivity index (χ0v) is 9.78. The van der Waals surface area contributed by atoms with Crippen LogP contribution in [0.1, 0.15) is 19.3 Å². The van der Waals surface area contributed by atoms with Gasteiger partial charge in [0.15, 0.2) is 15.1 Å². The van der Waals surface area contributed by atoms with E-state index in [1.54, 1.807) is 0 Å². The van der Waals surface area contributed by atoms with Gasteiger partial charge >= 0.3 is 5.97 Å². The number of hydrogen-bond donors (Lipinski definition) is 2. The lowest BCUT2D eigenvalue weighted by atomic mass is 10.2. The summed E-state index contributed by atoms with van der Waals surface area (Å²) in [7, 11) is -3.65. The van der Waals surface area contributed by atoms with Crippen molar-refractivity contribution in [2.75, 3.05) is 19.8 Å². The minimum atomic E-state index is -3.65. The molecule has 1 rings (SSSR count). The quantitative estimate of drug-likeness (QED) is 0.674. The highest BCUT2D eigenvalue weighted by Gasteiger charge is 2.38. The van der Waals surface area contributed by atoms with Gasteiger partial charge < -0.3 is 15.6 Å². The highest BCUT2D eigenvalue weighted by atomic mass is 32.2. The maximum atomic E-state index is 12.0. The zero-order chi connectivity index (χ0) is 12.2. The normalized spacial score (nSPS) is 20.6. The van der Waals surface area contributed by atoms with Crippen LogP contribution in [0.2, 0.25) is 0 Å². The Labute approximate surface area is 94.7 Å². The molecule has 0 amide bonds. The van der Waals surface area contributed by atoms with E-state index in [0.717, 1.165) is 0 Å². The van der Waals surface area contributed by atoms with Crippen LogP contribution in [0.25, 0.3) is 0 Å². The number of nitrogens with two attached hydrogens (primary N) is 1. The topological polar surface area (TPSA) is 107 Å². The molecule has 1 atom stereocenters. The van der Waals surface area contributed by atoms with Crippen molar-refractivity contribution in [3.63, 3.8) is 0 Å². The van der Waals surface area contributed by atoms with Gasteiger partial charge in [0, 0.05) is 13.2 Å². The van der Waals surface area contributed by atoms with E-state index in [1.807, 2.05) is 0 Å². The maximum absolute atomic E-state index is 12.0. The van der Waals surface area contributed by atoms with Crippen LogP contribution in [0.4, 0.5) is 0 Å².